The normalized spacial score (nSPS) is 11.3. The van der Waals surface area contributed by atoms with Crippen LogP contribution < -0.4 is 20.9 Å². The number of thiophene rings is 1. The van der Waals surface area contributed by atoms with Gasteiger partial charge in [0.15, 0.2) is 0 Å². The van der Waals surface area contributed by atoms with Crippen LogP contribution in [0.15, 0.2) is 64.8 Å². The lowest BCUT2D eigenvalue weighted by molar-refractivity contribution is 0.0900. The molecule has 0 amide bonds. The van der Waals surface area contributed by atoms with Crippen molar-refractivity contribution in [1.82, 2.24) is 9.88 Å². The molecule has 4 aromatic rings. The summed E-state index contributed by atoms with van der Waals surface area (Å²) in [6.07, 6.45) is 11.7. The fraction of sp³-hybridized carbons (Fsp3) is 0.471. The third-order valence-corrected chi connectivity index (χ3v) is 8.37. The number of rotatable bonds is 19. The number of nitrogens with zero attached hydrogens (tertiary/aromatic N) is 1. The standard InChI is InChI=1S/C34H45N3O3S/c1-2-3-4-5-6-7-8-9-15-33(38)37-31-26-28(18-16-27(31)17-19-34(37)39)40-24-11-10-21-35-22-23-36-30-13-12-14-32-29(30)20-25-41-32/h12-14,16-20,25-26,35-36H,2-11,15,21-24H2,1H3. The molecule has 220 valence electrons. The van der Waals surface area contributed by atoms with Gasteiger partial charge in [0.1, 0.15) is 5.75 Å². The second-order valence-corrected chi connectivity index (χ2v) is 11.7. The summed E-state index contributed by atoms with van der Waals surface area (Å²) in [6.45, 7) is 5.52. The maximum absolute atomic E-state index is 13.0. The summed E-state index contributed by atoms with van der Waals surface area (Å²) < 4.78 is 8.64. The number of hydrogen-bond acceptors (Lipinski definition) is 6. The van der Waals surface area contributed by atoms with Crippen molar-refractivity contribution in [2.24, 2.45) is 0 Å². The first-order chi connectivity index (χ1) is 20.2. The fourth-order valence-electron chi connectivity index (χ4n) is 5.18. The number of carbonyl (C=O) groups is 1. The predicted molar refractivity (Wildman–Crippen MR) is 174 cm³/mol. The smallest absolute Gasteiger partial charge is 0.257 e. The molecule has 0 saturated heterocycles. The minimum absolute atomic E-state index is 0.128. The van der Waals surface area contributed by atoms with Crippen LogP contribution in [-0.4, -0.2) is 36.7 Å². The molecule has 2 N–H and O–H groups in total. The second-order valence-electron chi connectivity index (χ2n) is 10.7. The molecular weight excluding hydrogens is 530 g/mol. The quantitative estimate of drug-likeness (QED) is 0.110. The maximum Gasteiger partial charge on any atom is 0.257 e. The van der Waals surface area contributed by atoms with Gasteiger partial charge in [-0.15, -0.1) is 11.3 Å². The van der Waals surface area contributed by atoms with E-state index < -0.39 is 0 Å². The fourth-order valence-corrected chi connectivity index (χ4v) is 6.00. The molecule has 2 aromatic carbocycles. The van der Waals surface area contributed by atoms with Gasteiger partial charge in [-0.1, -0.05) is 57.9 Å². The van der Waals surface area contributed by atoms with Crippen molar-refractivity contribution in [3.63, 3.8) is 0 Å². The number of nitrogens with one attached hydrogen (secondary N) is 2. The van der Waals surface area contributed by atoms with Crippen LogP contribution in [0.4, 0.5) is 5.69 Å². The van der Waals surface area contributed by atoms with E-state index in [1.807, 2.05) is 18.2 Å². The minimum Gasteiger partial charge on any atom is -0.494 e. The van der Waals surface area contributed by atoms with Gasteiger partial charge in [-0.05, 0) is 73.0 Å². The number of unbranched alkanes of at least 4 members (excludes halogenated alkanes) is 8. The second kappa shape index (κ2) is 16.9. The number of carbonyl (C=O) groups excluding carboxylic acids is 1. The Morgan fingerprint density at radius 1 is 0.854 bits per heavy atom. The van der Waals surface area contributed by atoms with Crippen LogP contribution >= 0.6 is 11.3 Å². The Labute approximate surface area is 248 Å². The average Bonchev–Trinajstić information content (AvgIpc) is 3.47. The Hall–Kier alpha value is -3.16. The molecule has 2 aromatic heterocycles. The highest BCUT2D eigenvalue weighted by Crippen LogP contribution is 2.27. The van der Waals surface area contributed by atoms with Gasteiger partial charge in [-0.25, -0.2) is 4.57 Å². The number of fused-ring (bicyclic) bond motifs is 2. The number of benzene rings is 2. The number of hydrogen-bond donors (Lipinski definition) is 2. The lowest BCUT2D eigenvalue weighted by Gasteiger charge is -2.12. The molecule has 0 unspecified atom stereocenters. The van der Waals surface area contributed by atoms with Crippen LogP contribution in [0.3, 0.4) is 0 Å². The first-order valence-electron chi connectivity index (χ1n) is 15.4. The Kier molecular flexibility index (Phi) is 12.7. The first kappa shape index (κ1) is 30.8. The predicted octanol–water partition coefficient (Wildman–Crippen LogP) is 8.25. The van der Waals surface area contributed by atoms with Crippen molar-refractivity contribution in [2.45, 2.75) is 77.6 Å². The van der Waals surface area contributed by atoms with Crippen LogP contribution in [0.25, 0.3) is 21.0 Å². The van der Waals surface area contributed by atoms with E-state index in [1.165, 1.54) is 58.5 Å². The molecule has 0 bridgehead atoms. The van der Waals surface area contributed by atoms with Crippen molar-refractivity contribution in [3.05, 3.63) is 70.3 Å². The summed E-state index contributed by atoms with van der Waals surface area (Å²) >= 11 is 1.77. The van der Waals surface area contributed by atoms with Crippen LogP contribution in [0.1, 0.15) is 82.3 Å². The van der Waals surface area contributed by atoms with Gasteiger partial charge in [0.05, 0.1) is 12.1 Å². The van der Waals surface area contributed by atoms with Crippen molar-refractivity contribution in [2.75, 3.05) is 31.6 Å². The largest absolute Gasteiger partial charge is 0.494 e. The van der Waals surface area contributed by atoms with Crippen LogP contribution in [0.5, 0.6) is 5.75 Å². The number of ether oxygens (including phenoxy) is 1. The van der Waals surface area contributed by atoms with E-state index in [1.54, 1.807) is 17.4 Å². The Morgan fingerprint density at radius 2 is 1.66 bits per heavy atom. The van der Waals surface area contributed by atoms with Gasteiger partial charge in [0.25, 0.3) is 5.56 Å². The summed E-state index contributed by atoms with van der Waals surface area (Å²) in [7, 11) is 0. The van der Waals surface area contributed by atoms with E-state index in [0.29, 0.717) is 24.3 Å². The zero-order valence-corrected chi connectivity index (χ0v) is 25.3. The zero-order valence-electron chi connectivity index (χ0n) is 24.5. The van der Waals surface area contributed by atoms with E-state index in [-0.39, 0.29) is 11.5 Å². The summed E-state index contributed by atoms with van der Waals surface area (Å²) in [5.74, 6) is 0.563. The monoisotopic (exact) mass is 575 g/mol. The van der Waals surface area contributed by atoms with Crippen LogP contribution in [0, 0.1) is 0 Å². The van der Waals surface area contributed by atoms with Gasteiger partial charge < -0.3 is 15.4 Å². The first-order valence-corrected chi connectivity index (χ1v) is 16.3. The van der Waals surface area contributed by atoms with Crippen molar-refractivity contribution in [1.29, 1.82) is 0 Å². The Morgan fingerprint density at radius 3 is 2.51 bits per heavy atom. The third-order valence-electron chi connectivity index (χ3n) is 7.49. The summed E-state index contributed by atoms with van der Waals surface area (Å²) in [6, 6.07) is 17.5. The molecule has 0 fully saturated rings. The molecule has 7 heteroatoms. The molecule has 0 spiro atoms. The van der Waals surface area contributed by atoms with E-state index in [2.05, 4.69) is 47.2 Å². The minimum atomic E-state index is -0.271. The summed E-state index contributed by atoms with van der Waals surface area (Å²) in [5.41, 5.74) is 1.55. The average molecular weight is 576 g/mol. The highest BCUT2D eigenvalue weighted by molar-refractivity contribution is 7.17. The summed E-state index contributed by atoms with van der Waals surface area (Å²) in [4.78, 5) is 25.7. The van der Waals surface area contributed by atoms with Gasteiger partial charge in [-0.2, -0.15) is 0 Å². The van der Waals surface area contributed by atoms with Crippen LogP contribution in [0.2, 0.25) is 0 Å². The molecule has 6 nitrogen and oxygen atoms in total. The van der Waals surface area contributed by atoms with E-state index in [9.17, 15) is 9.59 Å². The molecule has 0 aliphatic carbocycles. The van der Waals surface area contributed by atoms with E-state index >= 15 is 0 Å². The molecule has 0 atom stereocenters. The lowest BCUT2D eigenvalue weighted by Crippen LogP contribution is -2.26. The molecule has 2 heterocycles. The SMILES string of the molecule is CCCCCCCCCCC(=O)n1c(=O)ccc2ccc(OCCCCNCCNc3cccc4sccc34)cc21. The Bertz CT molecular complexity index is 1430. The molecule has 0 saturated carbocycles. The lowest BCUT2D eigenvalue weighted by atomic mass is 10.1. The molecule has 0 aliphatic rings. The molecule has 4 rings (SSSR count). The summed E-state index contributed by atoms with van der Waals surface area (Å²) in [5, 5.41) is 11.3. The maximum atomic E-state index is 13.0. The number of pyridine rings is 1. The number of aromatic nitrogens is 1. The van der Waals surface area contributed by atoms with Gasteiger partial charge in [0.2, 0.25) is 5.91 Å². The van der Waals surface area contributed by atoms with Gasteiger partial charge in [0, 0.05) is 47.4 Å². The topological polar surface area (TPSA) is 72.4 Å². The van der Waals surface area contributed by atoms with Crippen molar-refractivity contribution < 1.29 is 9.53 Å². The van der Waals surface area contributed by atoms with E-state index in [0.717, 1.165) is 57.1 Å². The molecule has 41 heavy (non-hydrogen) atoms. The van der Waals surface area contributed by atoms with Gasteiger partial charge in [-0.3, -0.25) is 9.59 Å². The van der Waals surface area contributed by atoms with Crippen molar-refractivity contribution in [3.8, 4) is 5.75 Å². The highest BCUT2D eigenvalue weighted by atomic mass is 32.1. The van der Waals surface area contributed by atoms with Crippen molar-refractivity contribution >= 4 is 43.9 Å². The zero-order chi connectivity index (χ0) is 28.7. The van der Waals surface area contributed by atoms with E-state index in [4.69, 9.17) is 4.74 Å². The highest BCUT2D eigenvalue weighted by Gasteiger charge is 2.12. The molecule has 0 aliphatic heterocycles. The number of anilines is 1. The Balaban J connectivity index is 1.15. The molecule has 0 radical (unpaired) electrons. The van der Waals surface area contributed by atoms with Gasteiger partial charge >= 0.3 is 0 Å². The third kappa shape index (κ3) is 9.44. The van der Waals surface area contributed by atoms with Crippen LogP contribution in [-0.2, 0) is 0 Å². The molecular formula is C34H45N3O3S.